The van der Waals surface area contributed by atoms with E-state index >= 15 is 0 Å². The summed E-state index contributed by atoms with van der Waals surface area (Å²) >= 11 is 6.31. The van der Waals surface area contributed by atoms with Crippen molar-refractivity contribution in [2.24, 2.45) is 0 Å². The molecule has 9 heteroatoms. The van der Waals surface area contributed by atoms with Gasteiger partial charge in [0, 0.05) is 24.0 Å². The minimum Gasteiger partial charge on any atom is -0.352 e. The molecule has 0 aromatic heterocycles. The smallest absolute Gasteiger partial charge is 0.244 e. The molecular formula is C31H38ClN3O4S. The van der Waals surface area contributed by atoms with Crippen LogP contribution in [0, 0.1) is 13.8 Å². The molecule has 0 bridgehead atoms. The van der Waals surface area contributed by atoms with Crippen LogP contribution in [0.5, 0.6) is 0 Å². The van der Waals surface area contributed by atoms with Crippen molar-refractivity contribution in [3.8, 4) is 0 Å². The van der Waals surface area contributed by atoms with Crippen molar-refractivity contribution >= 4 is 39.1 Å². The highest BCUT2D eigenvalue weighted by molar-refractivity contribution is 7.92. The summed E-state index contributed by atoms with van der Waals surface area (Å²) in [5, 5.41) is 3.43. The Morgan fingerprint density at radius 3 is 2.20 bits per heavy atom. The fraction of sp³-hybridized carbons (Fsp3) is 0.355. The van der Waals surface area contributed by atoms with E-state index in [1.165, 1.54) is 11.0 Å². The second-order valence-corrected chi connectivity index (χ2v) is 12.5. The minimum atomic E-state index is -3.86. The lowest BCUT2D eigenvalue weighted by Crippen LogP contribution is -2.54. The van der Waals surface area contributed by atoms with Gasteiger partial charge >= 0.3 is 0 Å². The fourth-order valence-corrected chi connectivity index (χ4v) is 5.33. The zero-order chi connectivity index (χ0) is 29.4. The third kappa shape index (κ3) is 8.32. The van der Waals surface area contributed by atoms with Crippen LogP contribution in [0.4, 0.5) is 5.69 Å². The van der Waals surface area contributed by atoms with Crippen molar-refractivity contribution in [3.05, 3.63) is 100 Å². The average molecular weight is 584 g/mol. The number of benzene rings is 3. The van der Waals surface area contributed by atoms with Gasteiger partial charge in [0.05, 0.1) is 11.9 Å². The molecule has 0 aliphatic rings. The van der Waals surface area contributed by atoms with Gasteiger partial charge in [0.2, 0.25) is 21.8 Å². The van der Waals surface area contributed by atoms with E-state index in [9.17, 15) is 18.0 Å². The monoisotopic (exact) mass is 583 g/mol. The fourth-order valence-electron chi connectivity index (χ4n) is 4.32. The maximum absolute atomic E-state index is 14.1. The average Bonchev–Trinajstić information content (AvgIpc) is 2.91. The molecule has 0 fully saturated rings. The van der Waals surface area contributed by atoms with Gasteiger partial charge in [-0.05, 0) is 61.6 Å². The molecule has 7 nitrogen and oxygen atoms in total. The van der Waals surface area contributed by atoms with Crippen LogP contribution >= 0.6 is 11.6 Å². The largest absolute Gasteiger partial charge is 0.352 e. The molecular weight excluding hydrogens is 546 g/mol. The Hall–Kier alpha value is -3.36. The number of amides is 2. The number of anilines is 1. The van der Waals surface area contributed by atoms with Crippen LogP contribution in [0.3, 0.4) is 0 Å². The molecule has 0 radical (unpaired) electrons. The van der Waals surface area contributed by atoms with E-state index < -0.39 is 28.5 Å². The van der Waals surface area contributed by atoms with E-state index in [-0.39, 0.29) is 30.6 Å². The van der Waals surface area contributed by atoms with Crippen LogP contribution < -0.4 is 9.62 Å². The van der Waals surface area contributed by atoms with Crippen molar-refractivity contribution in [1.82, 2.24) is 10.2 Å². The Kier molecular flexibility index (Phi) is 10.8. The third-order valence-corrected chi connectivity index (χ3v) is 8.54. The molecule has 0 saturated carbocycles. The van der Waals surface area contributed by atoms with Gasteiger partial charge in [0.1, 0.15) is 12.6 Å². The van der Waals surface area contributed by atoms with Crippen LogP contribution in [0.25, 0.3) is 0 Å². The summed E-state index contributed by atoms with van der Waals surface area (Å²) in [6, 6.07) is 21.1. The molecule has 0 spiro atoms. The van der Waals surface area contributed by atoms with E-state index in [0.29, 0.717) is 5.02 Å². The topological polar surface area (TPSA) is 86.8 Å². The highest BCUT2D eigenvalue weighted by Crippen LogP contribution is 2.26. The Balaban J connectivity index is 2.08. The number of carbonyl (C=O) groups excluding carboxylic acids is 2. The van der Waals surface area contributed by atoms with Gasteiger partial charge in [-0.3, -0.25) is 13.9 Å². The summed E-state index contributed by atoms with van der Waals surface area (Å²) in [5.74, 6) is -0.782. The second-order valence-electron chi connectivity index (χ2n) is 10.2. The van der Waals surface area contributed by atoms with Crippen molar-refractivity contribution in [3.63, 3.8) is 0 Å². The Labute approximate surface area is 243 Å². The number of carbonyl (C=O) groups is 2. The van der Waals surface area contributed by atoms with Gasteiger partial charge in [0.25, 0.3) is 0 Å². The van der Waals surface area contributed by atoms with Crippen LogP contribution in [0.1, 0.15) is 42.5 Å². The van der Waals surface area contributed by atoms with Crippen molar-refractivity contribution in [1.29, 1.82) is 0 Å². The zero-order valence-electron chi connectivity index (χ0n) is 23.7. The lowest BCUT2D eigenvalue weighted by atomic mass is 10.0. The van der Waals surface area contributed by atoms with Crippen LogP contribution in [-0.2, 0) is 32.6 Å². The lowest BCUT2D eigenvalue weighted by molar-refractivity contribution is -0.140. The predicted octanol–water partition coefficient (Wildman–Crippen LogP) is 5.28. The first-order valence-electron chi connectivity index (χ1n) is 13.3. The van der Waals surface area contributed by atoms with Crippen molar-refractivity contribution in [2.45, 2.75) is 59.2 Å². The number of hydrogen-bond acceptors (Lipinski definition) is 4. The molecule has 0 unspecified atom stereocenters. The number of nitrogens with zero attached hydrogens (tertiary/aromatic N) is 2. The molecule has 3 rings (SSSR count). The van der Waals surface area contributed by atoms with E-state index in [1.807, 2.05) is 82.3 Å². The van der Waals surface area contributed by atoms with E-state index in [4.69, 9.17) is 11.6 Å². The Morgan fingerprint density at radius 2 is 1.60 bits per heavy atom. The van der Waals surface area contributed by atoms with Crippen molar-refractivity contribution in [2.75, 3.05) is 17.1 Å². The molecule has 214 valence electrons. The van der Waals surface area contributed by atoms with Gasteiger partial charge in [-0.1, -0.05) is 79.2 Å². The van der Waals surface area contributed by atoms with Crippen LogP contribution in [0.2, 0.25) is 5.02 Å². The van der Waals surface area contributed by atoms with E-state index in [0.717, 1.165) is 39.2 Å². The first kappa shape index (κ1) is 31.2. The molecule has 1 N–H and O–H groups in total. The Bertz CT molecular complexity index is 1430. The van der Waals surface area contributed by atoms with Gasteiger partial charge in [-0.2, -0.15) is 0 Å². The maximum Gasteiger partial charge on any atom is 0.244 e. The molecule has 0 heterocycles. The molecule has 0 aliphatic heterocycles. The van der Waals surface area contributed by atoms with Gasteiger partial charge in [-0.25, -0.2) is 8.42 Å². The van der Waals surface area contributed by atoms with E-state index in [2.05, 4.69) is 5.32 Å². The summed E-state index contributed by atoms with van der Waals surface area (Å²) in [6.07, 6.45) is 2.05. The van der Waals surface area contributed by atoms with Crippen molar-refractivity contribution < 1.29 is 18.0 Å². The highest BCUT2D eigenvalue weighted by Gasteiger charge is 2.33. The normalized spacial score (nSPS) is 12.8. The summed E-state index contributed by atoms with van der Waals surface area (Å²) in [5.41, 5.74) is 3.79. The molecule has 3 aromatic rings. The van der Waals surface area contributed by atoms with Crippen LogP contribution in [-0.4, -0.2) is 50.0 Å². The quantitative estimate of drug-likeness (QED) is 0.314. The second kappa shape index (κ2) is 13.8. The van der Waals surface area contributed by atoms with E-state index in [1.54, 1.807) is 12.1 Å². The lowest BCUT2D eigenvalue weighted by Gasteiger charge is -2.34. The molecule has 2 atom stereocenters. The number of sulfonamides is 1. The Morgan fingerprint density at radius 1 is 0.950 bits per heavy atom. The molecule has 40 heavy (non-hydrogen) atoms. The van der Waals surface area contributed by atoms with Crippen LogP contribution in [0.15, 0.2) is 72.8 Å². The standard InChI is InChI=1S/C31H38ClN3O4S/c1-6-24(4)33-31(37)29(18-25-13-8-7-9-14-25)34(20-26-15-11-10-12-22(26)2)30(36)21-35(40(5,38)39)27-17-16-23(3)28(32)19-27/h7-17,19,24,29H,6,18,20-21H2,1-5H3,(H,33,37)/t24-,29-/m1/s1. The van der Waals surface area contributed by atoms with Gasteiger partial charge < -0.3 is 10.2 Å². The molecule has 0 saturated heterocycles. The number of halogens is 1. The number of nitrogens with one attached hydrogen (secondary N) is 1. The summed E-state index contributed by atoms with van der Waals surface area (Å²) in [7, 11) is -3.86. The molecule has 0 aliphatic carbocycles. The first-order valence-corrected chi connectivity index (χ1v) is 15.6. The third-order valence-electron chi connectivity index (χ3n) is 7.00. The number of rotatable bonds is 12. The summed E-state index contributed by atoms with van der Waals surface area (Å²) < 4.78 is 26.9. The maximum atomic E-state index is 14.1. The number of hydrogen-bond donors (Lipinski definition) is 1. The van der Waals surface area contributed by atoms with Gasteiger partial charge in [0.15, 0.2) is 0 Å². The predicted molar refractivity (Wildman–Crippen MR) is 162 cm³/mol. The zero-order valence-corrected chi connectivity index (χ0v) is 25.3. The minimum absolute atomic E-state index is 0.0941. The number of aryl methyl sites for hydroxylation is 2. The summed E-state index contributed by atoms with van der Waals surface area (Å²) in [6.45, 7) is 7.31. The summed E-state index contributed by atoms with van der Waals surface area (Å²) in [4.78, 5) is 29.4. The van der Waals surface area contributed by atoms with Gasteiger partial charge in [-0.15, -0.1) is 0 Å². The molecule has 3 aromatic carbocycles. The highest BCUT2D eigenvalue weighted by atomic mass is 35.5. The first-order chi connectivity index (χ1) is 18.9. The SMILES string of the molecule is CC[C@@H](C)NC(=O)[C@@H](Cc1ccccc1)N(Cc1ccccc1C)C(=O)CN(c1ccc(C)c(Cl)c1)S(C)(=O)=O. The molecule has 2 amide bonds.